The van der Waals surface area contributed by atoms with Crippen molar-refractivity contribution >= 4 is 33.0 Å². The van der Waals surface area contributed by atoms with E-state index >= 15 is 0 Å². The minimum Gasteiger partial charge on any atom is -0.349 e. The van der Waals surface area contributed by atoms with Crippen molar-refractivity contribution in [2.45, 2.75) is 17.1 Å². The fourth-order valence-corrected chi connectivity index (χ4v) is 5.36. The molecule has 9 heteroatoms. The van der Waals surface area contributed by atoms with E-state index in [-0.39, 0.29) is 11.4 Å². The first-order valence-electron chi connectivity index (χ1n) is 9.74. The quantitative estimate of drug-likeness (QED) is 0.423. The van der Waals surface area contributed by atoms with Crippen LogP contribution in [-0.4, -0.2) is 30.3 Å². The summed E-state index contributed by atoms with van der Waals surface area (Å²) in [7, 11) is -3.91. The molecule has 1 N–H and O–H groups in total. The number of rotatable bonds is 6. The van der Waals surface area contributed by atoms with Crippen LogP contribution < -0.4 is 5.32 Å². The summed E-state index contributed by atoms with van der Waals surface area (Å²) in [5.74, 6) is -0.996. The number of benzene rings is 2. The molecule has 0 bridgehead atoms. The van der Waals surface area contributed by atoms with E-state index in [0.29, 0.717) is 27.6 Å². The zero-order chi connectivity index (χ0) is 22.9. The van der Waals surface area contributed by atoms with E-state index in [9.17, 15) is 17.6 Å². The van der Waals surface area contributed by atoms with Gasteiger partial charge in [0.2, 0.25) is 0 Å². The van der Waals surface area contributed by atoms with E-state index in [1.54, 1.807) is 60.0 Å². The maximum atomic E-state index is 13.4. The Kier molecular flexibility index (Phi) is 5.99. The number of hydrogen-bond acceptors (Lipinski definition) is 4. The molecule has 164 valence electrons. The van der Waals surface area contributed by atoms with Gasteiger partial charge in [0.25, 0.3) is 5.91 Å². The average Bonchev–Trinajstić information content (AvgIpc) is 3.09. The third kappa shape index (κ3) is 4.24. The first-order chi connectivity index (χ1) is 15.3. The summed E-state index contributed by atoms with van der Waals surface area (Å²) in [6.45, 7) is 1.52. The lowest BCUT2D eigenvalue weighted by Gasteiger charge is -2.19. The molecule has 1 atom stereocenters. The second-order valence-corrected chi connectivity index (χ2v) is 9.79. The number of carbonyl (C=O) groups excluding carboxylic acids is 1. The highest BCUT2D eigenvalue weighted by Gasteiger charge is 2.30. The zero-order valence-electron chi connectivity index (χ0n) is 17.0. The van der Waals surface area contributed by atoms with Gasteiger partial charge < -0.3 is 5.32 Å². The molecule has 2 aromatic heterocycles. The molecule has 2 aromatic carbocycles. The minimum atomic E-state index is -3.91. The number of halogens is 2. The molecule has 0 saturated heterocycles. The Balaban J connectivity index is 1.66. The topological polar surface area (TPSA) is 80.5 Å². The van der Waals surface area contributed by atoms with Gasteiger partial charge in [-0.05, 0) is 42.8 Å². The smallest absolute Gasteiger partial charge is 0.270 e. The van der Waals surface area contributed by atoms with Crippen molar-refractivity contribution in [2.75, 3.05) is 6.54 Å². The zero-order valence-corrected chi connectivity index (χ0v) is 18.6. The fraction of sp³-hybridized carbons (Fsp3) is 0.130. The standard InChI is InChI=1S/C23H19ClFN3O3S/c1-15-22(28-12-11-17(24)13-21(28)27-15)23(29)26-14-20(16-5-3-2-4-6-16)32(30,31)19-9-7-18(25)8-10-19/h2-13,20H,14H2,1H3,(H,26,29). The predicted octanol–water partition coefficient (Wildman–Crippen LogP) is 4.38. The van der Waals surface area contributed by atoms with E-state index < -0.39 is 26.8 Å². The van der Waals surface area contributed by atoms with E-state index in [4.69, 9.17) is 11.6 Å². The van der Waals surface area contributed by atoms with Crippen LogP contribution in [0, 0.1) is 12.7 Å². The molecule has 0 fully saturated rings. The lowest BCUT2D eigenvalue weighted by molar-refractivity contribution is 0.0947. The van der Waals surface area contributed by atoms with Crippen LogP contribution in [0.15, 0.2) is 77.8 Å². The number of fused-ring (bicyclic) bond motifs is 1. The number of hydrogen-bond donors (Lipinski definition) is 1. The Morgan fingerprint density at radius 1 is 1.12 bits per heavy atom. The van der Waals surface area contributed by atoms with E-state index in [2.05, 4.69) is 10.3 Å². The van der Waals surface area contributed by atoms with Gasteiger partial charge in [-0.3, -0.25) is 9.20 Å². The third-order valence-corrected chi connectivity index (χ3v) is 7.47. The van der Waals surface area contributed by atoms with Crippen LogP contribution in [0.1, 0.15) is 27.0 Å². The number of imidazole rings is 1. The van der Waals surface area contributed by atoms with Gasteiger partial charge in [0.1, 0.15) is 22.4 Å². The van der Waals surface area contributed by atoms with E-state index in [1.807, 2.05) is 0 Å². The molecular formula is C23H19ClFN3O3S. The molecule has 0 saturated carbocycles. The molecule has 0 spiro atoms. The van der Waals surface area contributed by atoms with Crippen molar-refractivity contribution in [2.24, 2.45) is 0 Å². The van der Waals surface area contributed by atoms with Gasteiger partial charge in [0.15, 0.2) is 9.84 Å². The SMILES string of the molecule is Cc1nc2cc(Cl)ccn2c1C(=O)NCC(c1ccccc1)S(=O)(=O)c1ccc(F)cc1. The van der Waals surface area contributed by atoms with Gasteiger partial charge in [0, 0.05) is 23.8 Å². The summed E-state index contributed by atoms with van der Waals surface area (Å²) in [5.41, 5.74) is 1.81. The van der Waals surface area contributed by atoms with Crippen LogP contribution in [0.25, 0.3) is 5.65 Å². The van der Waals surface area contributed by atoms with Crippen LogP contribution in [0.4, 0.5) is 4.39 Å². The molecule has 0 radical (unpaired) electrons. The fourth-order valence-electron chi connectivity index (χ4n) is 3.54. The predicted molar refractivity (Wildman–Crippen MR) is 120 cm³/mol. The van der Waals surface area contributed by atoms with Crippen molar-refractivity contribution in [3.63, 3.8) is 0 Å². The first-order valence-corrected chi connectivity index (χ1v) is 11.7. The number of nitrogens with one attached hydrogen (secondary N) is 1. The molecule has 6 nitrogen and oxygen atoms in total. The molecule has 0 aliphatic rings. The molecule has 4 rings (SSSR count). The Hall–Kier alpha value is -3.23. The highest BCUT2D eigenvalue weighted by atomic mass is 35.5. The Labute approximate surface area is 189 Å². The molecule has 1 amide bonds. The van der Waals surface area contributed by atoms with Crippen molar-refractivity contribution in [1.82, 2.24) is 14.7 Å². The van der Waals surface area contributed by atoms with Crippen LogP contribution >= 0.6 is 11.6 Å². The van der Waals surface area contributed by atoms with Crippen molar-refractivity contribution in [1.29, 1.82) is 0 Å². The molecule has 32 heavy (non-hydrogen) atoms. The van der Waals surface area contributed by atoms with E-state index in [1.165, 1.54) is 12.1 Å². The van der Waals surface area contributed by atoms with Gasteiger partial charge in [-0.2, -0.15) is 0 Å². The minimum absolute atomic E-state index is 0.0253. The number of sulfone groups is 1. The van der Waals surface area contributed by atoms with Gasteiger partial charge in [-0.25, -0.2) is 17.8 Å². The van der Waals surface area contributed by atoms with Gasteiger partial charge >= 0.3 is 0 Å². The average molecular weight is 472 g/mol. The van der Waals surface area contributed by atoms with Crippen molar-refractivity contribution in [3.8, 4) is 0 Å². The highest BCUT2D eigenvalue weighted by Crippen LogP contribution is 2.29. The summed E-state index contributed by atoms with van der Waals surface area (Å²) in [4.78, 5) is 17.3. The summed E-state index contributed by atoms with van der Waals surface area (Å²) in [6.07, 6.45) is 1.64. The first kappa shape index (κ1) is 22.0. The number of aromatic nitrogens is 2. The summed E-state index contributed by atoms with van der Waals surface area (Å²) >= 11 is 6.00. The van der Waals surface area contributed by atoms with Gasteiger partial charge in [0.05, 0.1) is 10.6 Å². The number of aryl methyl sites for hydroxylation is 1. The summed E-state index contributed by atoms with van der Waals surface area (Å²) in [6, 6.07) is 16.5. The second kappa shape index (κ2) is 8.72. The van der Waals surface area contributed by atoms with E-state index in [0.717, 1.165) is 12.1 Å². The Morgan fingerprint density at radius 3 is 2.50 bits per heavy atom. The van der Waals surface area contributed by atoms with Gasteiger partial charge in [-0.1, -0.05) is 41.9 Å². The second-order valence-electron chi connectivity index (χ2n) is 7.23. The molecule has 0 aliphatic heterocycles. The lowest BCUT2D eigenvalue weighted by Crippen LogP contribution is -2.33. The monoisotopic (exact) mass is 471 g/mol. The number of nitrogens with zero attached hydrogens (tertiary/aromatic N) is 2. The Morgan fingerprint density at radius 2 is 1.81 bits per heavy atom. The summed E-state index contributed by atoms with van der Waals surface area (Å²) in [5, 5.41) is 2.16. The third-order valence-electron chi connectivity index (χ3n) is 5.11. The van der Waals surface area contributed by atoms with Crippen molar-refractivity contribution in [3.05, 3.63) is 101 Å². The molecule has 0 aliphatic carbocycles. The van der Waals surface area contributed by atoms with Crippen LogP contribution in [0.2, 0.25) is 5.02 Å². The lowest BCUT2D eigenvalue weighted by atomic mass is 10.1. The highest BCUT2D eigenvalue weighted by molar-refractivity contribution is 7.91. The molecule has 1 unspecified atom stereocenters. The summed E-state index contributed by atoms with van der Waals surface area (Å²) < 4.78 is 41.6. The number of amides is 1. The van der Waals surface area contributed by atoms with Crippen LogP contribution in [-0.2, 0) is 9.84 Å². The van der Waals surface area contributed by atoms with Crippen LogP contribution in [0.5, 0.6) is 0 Å². The normalized spacial score (nSPS) is 12.6. The largest absolute Gasteiger partial charge is 0.349 e. The van der Waals surface area contributed by atoms with Crippen molar-refractivity contribution < 1.29 is 17.6 Å². The molecule has 2 heterocycles. The van der Waals surface area contributed by atoms with Crippen LogP contribution in [0.3, 0.4) is 0 Å². The Bertz CT molecular complexity index is 1390. The number of carbonyl (C=O) groups is 1. The van der Waals surface area contributed by atoms with Gasteiger partial charge in [-0.15, -0.1) is 0 Å². The maximum Gasteiger partial charge on any atom is 0.270 e. The maximum absolute atomic E-state index is 13.4. The molecule has 4 aromatic rings. The number of pyridine rings is 1. The molecular weight excluding hydrogens is 453 g/mol.